The molecule has 0 aliphatic carbocycles. The number of halogens is 1. The third kappa shape index (κ3) is 4.59. The van der Waals surface area contributed by atoms with Crippen molar-refractivity contribution in [2.75, 3.05) is 6.61 Å². The lowest BCUT2D eigenvalue weighted by Crippen LogP contribution is -2.21. The molecule has 0 spiro atoms. The van der Waals surface area contributed by atoms with E-state index in [-0.39, 0.29) is 17.4 Å². The van der Waals surface area contributed by atoms with Crippen LogP contribution in [0.1, 0.15) is 46.5 Å². The largest absolute Gasteiger partial charge is 0.494 e. The number of esters is 1. The van der Waals surface area contributed by atoms with E-state index in [2.05, 4.69) is 6.07 Å². The van der Waals surface area contributed by atoms with Crippen molar-refractivity contribution >= 4 is 28.5 Å². The Hall–Kier alpha value is -4.41. The number of benzene rings is 3. The lowest BCUT2D eigenvalue weighted by atomic mass is 9.83. The number of carbonyl (C=O) groups excluding carboxylic acids is 1. The van der Waals surface area contributed by atoms with Crippen LogP contribution in [0.4, 0.5) is 0 Å². The highest BCUT2D eigenvalue weighted by atomic mass is 35.5. The Morgan fingerprint density at radius 2 is 1.86 bits per heavy atom. The van der Waals surface area contributed by atoms with E-state index in [1.807, 2.05) is 31.2 Å². The lowest BCUT2D eigenvalue weighted by molar-refractivity contribution is 0.0702. The summed E-state index contributed by atoms with van der Waals surface area (Å²) in [4.78, 5) is 12.9. The summed E-state index contributed by atoms with van der Waals surface area (Å²) in [5.74, 6) is 0.383. The molecule has 0 radical (unpaired) electrons. The first-order valence-electron chi connectivity index (χ1n) is 11.7. The van der Waals surface area contributed by atoms with E-state index in [9.17, 15) is 10.1 Å². The molecule has 0 saturated heterocycles. The first-order chi connectivity index (χ1) is 17.9. The molecular formula is C29H23ClN2O5. The van der Waals surface area contributed by atoms with E-state index < -0.39 is 11.9 Å². The Morgan fingerprint density at radius 3 is 2.59 bits per heavy atom. The van der Waals surface area contributed by atoms with Crippen LogP contribution in [0.15, 0.2) is 76.5 Å². The van der Waals surface area contributed by atoms with Crippen molar-refractivity contribution in [3.63, 3.8) is 0 Å². The van der Waals surface area contributed by atoms with Gasteiger partial charge in [-0.25, -0.2) is 4.79 Å². The van der Waals surface area contributed by atoms with Gasteiger partial charge in [0.15, 0.2) is 0 Å². The highest BCUT2D eigenvalue weighted by Gasteiger charge is 2.31. The second kappa shape index (κ2) is 9.92. The van der Waals surface area contributed by atoms with Crippen LogP contribution in [0.3, 0.4) is 0 Å². The zero-order valence-corrected chi connectivity index (χ0v) is 21.0. The average Bonchev–Trinajstić information content (AvgIpc) is 3.22. The molecule has 2 N–H and O–H groups in total. The summed E-state index contributed by atoms with van der Waals surface area (Å²) in [5.41, 5.74) is 9.18. The summed E-state index contributed by atoms with van der Waals surface area (Å²) < 4.78 is 22.8. The number of fused-ring (bicyclic) bond motifs is 2. The molecule has 2 heterocycles. The molecule has 0 bridgehead atoms. The summed E-state index contributed by atoms with van der Waals surface area (Å²) in [5, 5.41) is 11.1. The van der Waals surface area contributed by atoms with Crippen LogP contribution in [-0.4, -0.2) is 12.6 Å². The van der Waals surface area contributed by atoms with Crippen molar-refractivity contribution in [3.05, 3.63) is 99.6 Å². The van der Waals surface area contributed by atoms with Gasteiger partial charge in [0.25, 0.3) is 0 Å². The molecule has 1 aliphatic rings. The maximum absolute atomic E-state index is 12.9. The van der Waals surface area contributed by atoms with Gasteiger partial charge in [0.05, 0.1) is 12.5 Å². The normalized spacial score (nSPS) is 14.6. The maximum atomic E-state index is 12.9. The van der Waals surface area contributed by atoms with Crippen LogP contribution in [0, 0.1) is 18.3 Å². The van der Waals surface area contributed by atoms with E-state index in [1.54, 1.807) is 43.3 Å². The van der Waals surface area contributed by atoms with Crippen molar-refractivity contribution in [1.82, 2.24) is 0 Å². The minimum Gasteiger partial charge on any atom is -0.494 e. The monoisotopic (exact) mass is 514 g/mol. The van der Waals surface area contributed by atoms with E-state index in [0.717, 1.165) is 28.7 Å². The van der Waals surface area contributed by atoms with E-state index >= 15 is 0 Å². The number of allylic oxidation sites excluding steroid dienone is 1. The summed E-state index contributed by atoms with van der Waals surface area (Å²) >= 11 is 6.08. The van der Waals surface area contributed by atoms with Gasteiger partial charge in [0, 0.05) is 27.6 Å². The number of carbonyl (C=O) groups is 1. The maximum Gasteiger partial charge on any atom is 0.379 e. The minimum atomic E-state index is -0.652. The van der Waals surface area contributed by atoms with Gasteiger partial charge in [-0.15, -0.1) is 0 Å². The number of nitrogens with zero attached hydrogens (tertiary/aromatic N) is 1. The summed E-state index contributed by atoms with van der Waals surface area (Å²) in [6.07, 6.45) is 0.907. The molecule has 37 heavy (non-hydrogen) atoms. The summed E-state index contributed by atoms with van der Waals surface area (Å²) in [6, 6.07) is 19.8. The fraction of sp³-hybridized carbons (Fsp3) is 0.172. The number of nitrogens with two attached hydrogens (primary N) is 1. The number of furan rings is 1. The fourth-order valence-electron chi connectivity index (χ4n) is 4.36. The van der Waals surface area contributed by atoms with Crippen LogP contribution in [0.2, 0.25) is 5.02 Å². The minimum absolute atomic E-state index is 0.000191. The molecule has 1 aliphatic heterocycles. The average molecular weight is 515 g/mol. The van der Waals surface area contributed by atoms with Crippen molar-refractivity contribution in [2.24, 2.45) is 5.73 Å². The molecule has 5 rings (SSSR count). The number of ether oxygens (including phenoxy) is 3. The zero-order valence-electron chi connectivity index (χ0n) is 20.2. The SMILES string of the molecule is CCCOc1ccc(C2C(C#N)=C(N)Oc3cc(OC(=O)c4oc5ccc(Cl)cc5c4C)ccc32)cc1. The number of aryl methyl sites for hydroxylation is 1. The van der Waals surface area contributed by atoms with Crippen LogP contribution in [0.25, 0.3) is 11.0 Å². The van der Waals surface area contributed by atoms with Gasteiger partial charge in [-0.2, -0.15) is 5.26 Å². The van der Waals surface area contributed by atoms with E-state index in [4.69, 9.17) is 36.0 Å². The number of rotatable bonds is 6. The van der Waals surface area contributed by atoms with Crippen LogP contribution in [0.5, 0.6) is 17.2 Å². The number of hydrogen-bond acceptors (Lipinski definition) is 7. The van der Waals surface area contributed by atoms with Crippen molar-refractivity contribution in [2.45, 2.75) is 26.2 Å². The molecule has 1 aromatic heterocycles. The molecule has 3 aromatic carbocycles. The molecule has 4 aromatic rings. The summed E-state index contributed by atoms with van der Waals surface area (Å²) in [6.45, 7) is 4.44. The Morgan fingerprint density at radius 1 is 1.11 bits per heavy atom. The highest BCUT2D eigenvalue weighted by molar-refractivity contribution is 6.31. The van der Waals surface area contributed by atoms with Gasteiger partial charge >= 0.3 is 5.97 Å². The number of nitriles is 1. The van der Waals surface area contributed by atoms with Gasteiger partial charge in [-0.1, -0.05) is 36.7 Å². The quantitative estimate of drug-likeness (QED) is 0.227. The third-order valence-electron chi connectivity index (χ3n) is 6.17. The van der Waals surface area contributed by atoms with E-state index in [1.165, 1.54) is 0 Å². The Balaban J connectivity index is 1.44. The first kappa shape index (κ1) is 24.3. The standard InChI is InChI=1S/C29H23ClN2O5/c1-3-12-34-19-7-4-17(5-8-19)26-21-10-9-20(14-25(21)37-28(32)23(26)15-31)35-29(33)27-16(2)22-13-18(30)6-11-24(22)36-27/h4-11,13-14,26H,3,12,32H2,1-2H3. The molecule has 0 amide bonds. The summed E-state index contributed by atoms with van der Waals surface area (Å²) in [7, 11) is 0. The Labute approximate surface area is 218 Å². The van der Waals surface area contributed by atoms with E-state index in [0.29, 0.717) is 34.1 Å². The zero-order chi connectivity index (χ0) is 26.1. The van der Waals surface area contributed by atoms with Crippen LogP contribution in [-0.2, 0) is 0 Å². The smallest absolute Gasteiger partial charge is 0.379 e. The van der Waals surface area contributed by atoms with Crippen molar-refractivity contribution in [1.29, 1.82) is 5.26 Å². The van der Waals surface area contributed by atoms with Crippen LogP contribution < -0.4 is 19.9 Å². The lowest BCUT2D eigenvalue weighted by Gasteiger charge is -2.26. The highest BCUT2D eigenvalue weighted by Crippen LogP contribution is 2.44. The predicted octanol–water partition coefficient (Wildman–Crippen LogP) is 6.62. The second-order valence-corrected chi connectivity index (χ2v) is 9.06. The molecule has 186 valence electrons. The Bertz CT molecular complexity index is 1580. The molecular weight excluding hydrogens is 492 g/mol. The van der Waals surface area contributed by atoms with Crippen molar-refractivity contribution in [3.8, 4) is 23.3 Å². The van der Waals surface area contributed by atoms with Gasteiger partial charge in [0.1, 0.15) is 34.5 Å². The molecule has 0 fully saturated rings. The first-order valence-corrected chi connectivity index (χ1v) is 12.1. The molecule has 7 nitrogen and oxygen atoms in total. The molecule has 1 atom stereocenters. The topological polar surface area (TPSA) is 108 Å². The third-order valence-corrected chi connectivity index (χ3v) is 6.41. The molecule has 8 heteroatoms. The van der Waals surface area contributed by atoms with Crippen molar-refractivity contribution < 1.29 is 23.4 Å². The second-order valence-electron chi connectivity index (χ2n) is 8.63. The predicted molar refractivity (Wildman–Crippen MR) is 139 cm³/mol. The van der Waals surface area contributed by atoms with Gasteiger partial charge < -0.3 is 24.4 Å². The molecule has 0 saturated carbocycles. The molecule has 1 unspecified atom stereocenters. The number of hydrogen-bond donors (Lipinski definition) is 1. The van der Waals surface area contributed by atoms with Crippen LogP contribution >= 0.6 is 11.6 Å². The fourth-order valence-corrected chi connectivity index (χ4v) is 4.53. The van der Waals surface area contributed by atoms with Gasteiger partial charge in [0.2, 0.25) is 11.6 Å². The van der Waals surface area contributed by atoms with Gasteiger partial charge in [-0.05, 0) is 55.3 Å². The van der Waals surface area contributed by atoms with Gasteiger partial charge in [-0.3, -0.25) is 0 Å². The Kier molecular flexibility index (Phi) is 6.51.